The van der Waals surface area contributed by atoms with Gasteiger partial charge in [-0.25, -0.2) is 9.78 Å². The van der Waals surface area contributed by atoms with Gasteiger partial charge < -0.3 is 15.5 Å². The summed E-state index contributed by atoms with van der Waals surface area (Å²) in [4.78, 5) is 23.0. The molecule has 0 unspecified atom stereocenters. The fourth-order valence-corrected chi connectivity index (χ4v) is 3.06. The van der Waals surface area contributed by atoms with Crippen LogP contribution in [-0.2, 0) is 0 Å². The number of nitrogens with one attached hydrogen (secondary N) is 1. The second-order valence-corrected chi connectivity index (χ2v) is 6.02. The zero-order valence-electron chi connectivity index (χ0n) is 13.4. The highest BCUT2D eigenvalue weighted by Gasteiger charge is 2.17. The average Bonchev–Trinajstić information content (AvgIpc) is 3.01. The Morgan fingerprint density at radius 2 is 1.88 bits per heavy atom. The van der Waals surface area contributed by atoms with Crippen molar-refractivity contribution in [2.75, 3.05) is 0 Å². The zero-order chi connectivity index (χ0) is 18.1. The van der Waals surface area contributed by atoms with Gasteiger partial charge >= 0.3 is 6.09 Å². The Labute approximate surface area is 153 Å². The number of hydrogen-bond acceptors (Lipinski definition) is 4. The van der Waals surface area contributed by atoms with Gasteiger partial charge in [0.25, 0.3) is 0 Å². The fourth-order valence-electron chi connectivity index (χ4n) is 2.87. The third-order valence-electron chi connectivity index (χ3n) is 3.90. The second-order valence-electron chi connectivity index (χ2n) is 5.59. The predicted molar refractivity (Wildman–Crippen MR) is 100.0 cm³/mol. The molecule has 26 heavy (non-hydrogen) atoms. The smallest absolute Gasteiger partial charge is 0.391 e. The Hall–Kier alpha value is -3.38. The number of ether oxygens (including phenoxy) is 1. The van der Waals surface area contributed by atoms with Gasteiger partial charge in [0, 0.05) is 34.6 Å². The minimum absolute atomic E-state index is 0.133. The van der Waals surface area contributed by atoms with E-state index in [2.05, 4.69) is 15.0 Å². The maximum absolute atomic E-state index is 11.1. The number of fused-ring (bicyclic) bond motifs is 1. The van der Waals surface area contributed by atoms with Crippen molar-refractivity contribution >= 4 is 28.7 Å². The number of hydrogen-bond donors (Lipinski definition) is 2. The summed E-state index contributed by atoms with van der Waals surface area (Å²) in [5.74, 6) is 0.133. The lowest BCUT2D eigenvalue weighted by molar-refractivity contribution is 0.209. The van der Waals surface area contributed by atoms with E-state index in [1.807, 2.05) is 30.3 Å². The summed E-state index contributed by atoms with van der Waals surface area (Å²) in [6.07, 6.45) is 2.53. The first kappa shape index (κ1) is 16.1. The number of carbonyl (C=O) groups is 1. The topological polar surface area (TPSA) is 93.9 Å². The highest BCUT2D eigenvalue weighted by Crippen LogP contribution is 2.38. The molecule has 0 fully saturated rings. The first-order valence-electron chi connectivity index (χ1n) is 7.78. The molecule has 0 saturated carbocycles. The molecule has 0 aliphatic heterocycles. The molecule has 3 aromatic heterocycles. The molecule has 3 heterocycles. The number of nitrogens with two attached hydrogens (primary N) is 1. The predicted octanol–water partition coefficient (Wildman–Crippen LogP) is 4.40. The van der Waals surface area contributed by atoms with Crippen LogP contribution in [0.3, 0.4) is 0 Å². The lowest BCUT2D eigenvalue weighted by Gasteiger charge is -2.06. The van der Waals surface area contributed by atoms with Crippen molar-refractivity contribution in [3.05, 3.63) is 65.9 Å². The Balaban J connectivity index is 2.01. The normalized spacial score (nSPS) is 10.8. The van der Waals surface area contributed by atoms with Gasteiger partial charge in [-0.2, -0.15) is 0 Å². The van der Waals surface area contributed by atoms with E-state index in [-0.39, 0.29) is 5.88 Å². The molecule has 128 valence electrons. The molecule has 0 spiro atoms. The molecule has 1 aromatic carbocycles. The van der Waals surface area contributed by atoms with Gasteiger partial charge in [-0.1, -0.05) is 23.7 Å². The molecule has 4 rings (SSSR count). The maximum atomic E-state index is 11.1. The summed E-state index contributed by atoms with van der Waals surface area (Å²) in [5, 5.41) is 0.613. The van der Waals surface area contributed by atoms with Crippen LogP contribution in [0.4, 0.5) is 4.79 Å². The van der Waals surface area contributed by atoms with E-state index in [0.717, 1.165) is 27.9 Å². The molecule has 1 amide bonds. The number of aromatic nitrogens is 3. The van der Waals surface area contributed by atoms with E-state index in [4.69, 9.17) is 22.1 Å². The van der Waals surface area contributed by atoms with Crippen LogP contribution in [0.1, 0.15) is 0 Å². The summed E-state index contributed by atoms with van der Waals surface area (Å²) in [6, 6.07) is 14.7. The van der Waals surface area contributed by atoms with Crippen molar-refractivity contribution < 1.29 is 9.53 Å². The summed E-state index contributed by atoms with van der Waals surface area (Å²) >= 11 is 6.18. The van der Waals surface area contributed by atoms with Crippen LogP contribution in [0, 0.1) is 0 Å². The van der Waals surface area contributed by atoms with Crippen LogP contribution < -0.4 is 10.5 Å². The van der Waals surface area contributed by atoms with Crippen LogP contribution in [0.25, 0.3) is 33.4 Å². The Kier molecular flexibility index (Phi) is 4.02. The highest BCUT2D eigenvalue weighted by atomic mass is 35.5. The largest absolute Gasteiger partial charge is 0.411 e. The Morgan fingerprint density at radius 3 is 2.62 bits per heavy atom. The van der Waals surface area contributed by atoms with Gasteiger partial charge in [0.15, 0.2) is 0 Å². The van der Waals surface area contributed by atoms with E-state index in [9.17, 15) is 4.79 Å². The highest BCUT2D eigenvalue weighted by molar-refractivity contribution is 6.31. The zero-order valence-corrected chi connectivity index (χ0v) is 14.2. The monoisotopic (exact) mass is 364 g/mol. The molecule has 0 saturated heterocycles. The number of nitrogens with zero attached hydrogens (tertiary/aromatic N) is 2. The lowest BCUT2D eigenvalue weighted by Crippen LogP contribution is -2.16. The van der Waals surface area contributed by atoms with Crippen molar-refractivity contribution in [2.45, 2.75) is 0 Å². The van der Waals surface area contributed by atoms with Crippen molar-refractivity contribution in [3.8, 4) is 28.3 Å². The molecule has 0 bridgehead atoms. The summed E-state index contributed by atoms with van der Waals surface area (Å²) < 4.78 is 4.93. The summed E-state index contributed by atoms with van der Waals surface area (Å²) in [5.41, 5.74) is 10.1. The minimum atomic E-state index is -0.911. The van der Waals surface area contributed by atoms with Crippen LogP contribution >= 0.6 is 11.6 Å². The molecule has 0 radical (unpaired) electrons. The van der Waals surface area contributed by atoms with Gasteiger partial charge in [0.05, 0.1) is 11.2 Å². The van der Waals surface area contributed by atoms with Crippen molar-refractivity contribution in [1.29, 1.82) is 0 Å². The SMILES string of the molecule is NC(=O)Oc1ccc2[nH]c(-c3ccncc3)c(-c3cccc(Cl)c3)c2n1. The molecular formula is C19H13ClN4O2. The van der Waals surface area contributed by atoms with Gasteiger partial charge in [-0.15, -0.1) is 0 Å². The Morgan fingerprint density at radius 1 is 1.08 bits per heavy atom. The van der Waals surface area contributed by atoms with Gasteiger partial charge in [-0.3, -0.25) is 4.98 Å². The lowest BCUT2D eigenvalue weighted by atomic mass is 10.0. The number of rotatable bonds is 3. The number of amides is 1. The maximum Gasteiger partial charge on any atom is 0.411 e. The fraction of sp³-hybridized carbons (Fsp3) is 0. The van der Waals surface area contributed by atoms with Crippen LogP contribution in [0.15, 0.2) is 60.9 Å². The molecule has 0 atom stereocenters. The Bertz CT molecular complexity index is 1110. The third-order valence-corrected chi connectivity index (χ3v) is 4.14. The number of aromatic amines is 1. The molecule has 6 nitrogen and oxygen atoms in total. The summed E-state index contributed by atoms with van der Waals surface area (Å²) in [6.45, 7) is 0. The van der Waals surface area contributed by atoms with E-state index >= 15 is 0 Å². The number of benzene rings is 1. The van der Waals surface area contributed by atoms with E-state index < -0.39 is 6.09 Å². The molecule has 0 aliphatic rings. The standard InChI is InChI=1S/C19H13ClN4O2/c20-13-3-1-2-12(10-13)16-17(11-6-8-22-9-7-11)23-14-4-5-15(24-18(14)16)26-19(21)25/h1-10,23H,(H2,21,25). The van der Waals surface area contributed by atoms with Crippen molar-refractivity contribution in [2.24, 2.45) is 5.73 Å². The van der Waals surface area contributed by atoms with Crippen molar-refractivity contribution in [1.82, 2.24) is 15.0 Å². The number of carbonyl (C=O) groups excluding carboxylic acids is 1. The summed E-state index contributed by atoms with van der Waals surface area (Å²) in [7, 11) is 0. The molecule has 4 aromatic rings. The second kappa shape index (κ2) is 6.50. The van der Waals surface area contributed by atoms with E-state index in [0.29, 0.717) is 10.5 Å². The average molecular weight is 365 g/mol. The number of primary amides is 1. The molecule has 3 N–H and O–H groups in total. The van der Waals surface area contributed by atoms with E-state index in [1.165, 1.54) is 0 Å². The number of H-pyrrole nitrogens is 1. The quantitative estimate of drug-likeness (QED) is 0.563. The first-order valence-corrected chi connectivity index (χ1v) is 8.16. The van der Waals surface area contributed by atoms with Gasteiger partial charge in [0.1, 0.15) is 5.52 Å². The molecule has 7 heteroatoms. The van der Waals surface area contributed by atoms with Crippen molar-refractivity contribution in [3.63, 3.8) is 0 Å². The first-order chi connectivity index (χ1) is 12.6. The van der Waals surface area contributed by atoms with E-state index in [1.54, 1.807) is 30.6 Å². The number of halogens is 1. The van der Waals surface area contributed by atoms with Gasteiger partial charge in [0.2, 0.25) is 5.88 Å². The minimum Gasteiger partial charge on any atom is -0.391 e. The van der Waals surface area contributed by atoms with Crippen LogP contribution in [-0.4, -0.2) is 21.0 Å². The molecule has 0 aliphatic carbocycles. The van der Waals surface area contributed by atoms with Crippen LogP contribution in [0.2, 0.25) is 5.02 Å². The molecular weight excluding hydrogens is 352 g/mol. The van der Waals surface area contributed by atoms with Crippen LogP contribution in [0.5, 0.6) is 5.88 Å². The number of pyridine rings is 2. The van der Waals surface area contributed by atoms with Gasteiger partial charge in [-0.05, 0) is 35.9 Å². The third kappa shape index (κ3) is 2.98.